The lowest BCUT2D eigenvalue weighted by atomic mass is 10.0. The van der Waals surface area contributed by atoms with Crippen LogP contribution in [-0.2, 0) is 0 Å². The van der Waals surface area contributed by atoms with Crippen LogP contribution in [0.1, 0.15) is 13.8 Å². The maximum atomic E-state index is 6.52. The molecule has 3 nitrogen and oxygen atoms in total. The number of aromatic nitrogens is 1. The fraction of sp³-hybridized carbons (Fsp3) is 0.0488. The van der Waals surface area contributed by atoms with Crippen molar-refractivity contribution in [3.05, 3.63) is 156 Å². The first-order valence-electron chi connectivity index (χ1n) is 15.2. The van der Waals surface area contributed by atoms with E-state index in [1.165, 1.54) is 16.5 Å². The Morgan fingerprint density at radius 3 is 1.89 bits per heavy atom. The van der Waals surface area contributed by atoms with Gasteiger partial charge in [-0.25, -0.2) is 0 Å². The van der Waals surface area contributed by atoms with Gasteiger partial charge in [0, 0.05) is 43.8 Å². The number of rotatable bonds is 5. The van der Waals surface area contributed by atoms with Crippen LogP contribution in [0.25, 0.3) is 55.1 Å². The lowest BCUT2D eigenvalue weighted by Gasteiger charge is -2.26. The molecule has 2 aromatic heterocycles. The van der Waals surface area contributed by atoms with Crippen molar-refractivity contribution in [2.75, 3.05) is 4.90 Å². The smallest absolute Gasteiger partial charge is 0.159 e. The van der Waals surface area contributed by atoms with Crippen LogP contribution in [-0.4, -0.2) is 4.98 Å². The van der Waals surface area contributed by atoms with Gasteiger partial charge in [-0.1, -0.05) is 127 Å². The molecule has 0 fully saturated rings. The standard InChI is InChI=1S/C39H25BrN2O.C2H6/c40-31-23-35-34-12-6-7-13-38(34)43-39(35)37(24-31)42(32-18-14-27(15-19-32)26-8-2-1-3-9-26)33-20-16-28(17-21-33)36-22-29-10-4-5-11-30(29)25-41-36;1-2/h1-25H;1-2H3. The Bertz CT molecular complexity index is 2240. The van der Waals surface area contributed by atoms with Crippen molar-refractivity contribution in [2.45, 2.75) is 13.8 Å². The molecule has 6 aromatic carbocycles. The Labute approximate surface area is 271 Å². The molecule has 0 atom stereocenters. The highest BCUT2D eigenvalue weighted by molar-refractivity contribution is 9.10. The minimum atomic E-state index is 0.844. The average Bonchev–Trinajstić information content (AvgIpc) is 3.49. The van der Waals surface area contributed by atoms with Crippen LogP contribution in [0.15, 0.2) is 161 Å². The lowest BCUT2D eigenvalue weighted by Crippen LogP contribution is -2.10. The number of pyridine rings is 1. The van der Waals surface area contributed by atoms with E-state index in [1.807, 2.05) is 44.3 Å². The topological polar surface area (TPSA) is 29.3 Å². The van der Waals surface area contributed by atoms with Gasteiger partial charge in [0.15, 0.2) is 5.58 Å². The van der Waals surface area contributed by atoms with Crippen molar-refractivity contribution in [1.82, 2.24) is 4.98 Å². The lowest BCUT2D eigenvalue weighted by molar-refractivity contribution is 0.669. The number of benzene rings is 6. The maximum absolute atomic E-state index is 6.52. The molecule has 0 unspecified atom stereocenters. The van der Waals surface area contributed by atoms with Crippen molar-refractivity contribution in [1.29, 1.82) is 0 Å². The normalized spacial score (nSPS) is 11.0. The fourth-order valence-corrected chi connectivity index (χ4v) is 6.27. The van der Waals surface area contributed by atoms with Gasteiger partial charge in [0.1, 0.15) is 5.58 Å². The molecule has 0 aliphatic heterocycles. The Morgan fingerprint density at radius 2 is 1.16 bits per heavy atom. The molecule has 2 heterocycles. The molecule has 0 N–H and O–H groups in total. The van der Waals surface area contributed by atoms with Crippen LogP contribution >= 0.6 is 15.9 Å². The fourth-order valence-electron chi connectivity index (χ4n) is 5.82. The molecule has 0 amide bonds. The number of halogens is 1. The monoisotopic (exact) mass is 646 g/mol. The molecule has 4 heteroatoms. The zero-order chi connectivity index (χ0) is 30.8. The van der Waals surface area contributed by atoms with E-state index in [4.69, 9.17) is 9.40 Å². The predicted molar refractivity (Wildman–Crippen MR) is 194 cm³/mol. The summed E-state index contributed by atoms with van der Waals surface area (Å²) >= 11 is 3.79. The van der Waals surface area contributed by atoms with Crippen LogP contribution in [0.5, 0.6) is 0 Å². The van der Waals surface area contributed by atoms with Crippen LogP contribution in [0.4, 0.5) is 17.1 Å². The summed E-state index contributed by atoms with van der Waals surface area (Å²) < 4.78 is 7.51. The highest BCUT2D eigenvalue weighted by atomic mass is 79.9. The molecule has 0 spiro atoms. The minimum absolute atomic E-state index is 0.844. The van der Waals surface area contributed by atoms with E-state index < -0.39 is 0 Å². The molecule has 0 radical (unpaired) electrons. The summed E-state index contributed by atoms with van der Waals surface area (Å²) in [7, 11) is 0. The van der Waals surface area contributed by atoms with Crippen molar-refractivity contribution in [3.8, 4) is 22.4 Å². The summed E-state index contributed by atoms with van der Waals surface area (Å²) in [5.74, 6) is 0. The first-order chi connectivity index (χ1) is 22.2. The second kappa shape index (κ2) is 12.4. The molecule has 8 rings (SSSR count). The third-order valence-electron chi connectivity index (χ3n) is 7.95. The summed E-state index contributed by atoms with van der Waals surface area (Å²) in [5.41, 5.74) is 9.12. The number of para-hydroxylation sites is 1. The third-order valence-corrected chi connectivity index (χ3v) is 8.41. The molecular formula is C41H31BrN2O. The quantitative estimate of drug-likeness (QED) is 0.186. The zero-order valence-corrected chi connectivity index (χ0v) is 26.7. The Balaban J connectivity index is 0.00000160. The molecule has 0 aliphatic carbocycles. The molecular weight excluding hydrogens is 616 g/mol. The van der Waals surface area contributed by atoms with E-state index in [2.05, 4.69) is 142 Å². The van der Waals surface area contributed by atoms with Gasteiger partial charge >= 0.3 is 0 Å². The number of nitrogens with zero attached hydrogens (tertiary/aromatic N) is 2. The van der Waals surface area contributed by atoms with Gasteiger partial charge in [0.25, 0.3) is 0 Å². The van der Waals surface area contributed by atoms with E-state index >= 15 is 0 Å². The summed E-state index contributed by atoms with van der Waals surface area (Å²) in [6.45, 7) is 4.00. The molecule has 218 valence electrons. The molecule has 0 bridgehead atoms. The third kappa shape index (κ3) is 5.50. The van der Waals surface area contributed by atoms with Gasteiger partial charge in [-0.2, -0.15) is 0 Å². The predicted octanol–water partition coefficient (Wildman–Crippen LogP) is 12.7. The van der Waals surface area contributed by atoms with Crippen LogP contribution in [0, 0.1) is 0 Å². The Kier molecular flexibility index (Phi) is 7.89. The summed E-state index contributed by atoms with van der Waals surface area (Å²) in [5, 5.41) is 4.48. The van der Waals surface area contributed by atoms with Crippen LogP contribution < -0.4 is 4.90 Å². The number of furan rings is 1. The SMILES string of the molecule is Brc1cc(N(c2ccc(-c3ccccc3)cc2)c2ccc(-c3cc4ccccc4cn3)cc2)c2oc3ccccc3c2c1.CC. The van der Waals surface area contributed by atoms with Gasteiger partial charge in [-0.05, 0) is 65.0 Å². The van der Waals surface area contributed by atoms with Crippen molar-refractivity contribution in [3.63, 3.8) is 0 Å². The van der Waals surface area contributed by atoms with Gasteiger partial charge in [0.2, 0.25) is 0 Å². The van der Waals surface area contributed by atoms with Crippen LogP contribution in [0.2, 0.25) is 0 Å². The second-order valence-electron chi connectivity index (χ2n) is 10.6. The number of anilines is 3. The largest absolute Gasteiger partial charge is 0.454 e. The van der Waals surface area contributed by atoms with Crippen LogP contribution in [0.3, 0.4) is 0 Å². The highest BCUT2D eigenvalue weighted by Crippen LogP contribution is 2.44. The van der Waals surface area contributed by atoms with Gasteiger partial charge < -0.3 is 9.32 Å². The van der Waals surface area contributed by atoms with E-state index in [0.29, 0.717) is 0 Å². The minimum Gasteiger partial charge on any atom is -0.454 e. The molecule has 0 aliphatic rings. The summed E-state index contributed by atoms with van der Waals surface area (Å²) in [6.07, 6.45) is 1.94. The van der Waals surface area contributed by atoms with E-state index in [9.17, 15) is 0 Å². The van der Waals surface area contributed by atoms with E-state index in [1.54, 1.807) is 0 Å². The number of hydrogen-bond acceptors (Lipinski definition) is 3. The number of hydrogen-bond donors (Lipinski definition) is 0. The van der Waals surface area contributed by atoms with Crippen molar-refractivity contribution in [2.24, 2.45) is 0 Å². The average molecular weight is 648 g/mol. The first kappa shape index (κ1) is 28.6. The van der Waals surface area contributed by atoms with Gasteiger partial charge in [-0.3, -0.25) is 4.98 Å². The Morgan fingerprint density at radius 1 is 0.556 bits per heavy atom. The van der Waals surface area contributed by atoms with Crippen molar-refractivity contribution < 1.29 is 4.42 Å². The molecule has 0 saturated carbocycles. The second-order valence-corrected chi connectivity index (χ2v) is 11.5. The van der Waals surface area contributed by atoms with Gasteiger partial charge in [-0.15, -0.1) is 0 Å². The zero-order valence-electron chi connectivity index (χ0n) is 25.1. The van der Waals surface area contributed by atoms with E-state index in [-0.39, 0.29) is 0 Å². The maximum Gasteiger partial charge on any atom is 0.159 e. The summed E-state index contributed by atoms with van der Waals surface area (Å²) in [6, 6.07) is 50.7. The molecule has 0 saturated heterocycles. The van der Waals surface area contributed by atoms with Crippen molar-refractivity contribution >= 4 is 65.7 Å². The van der Waals surface area contributed by atoms with E-state index in [0.717, 1.165) is 60.1 Å². The number of fused-ring (bicyclic) bond motifs is 4. The first-order valence-corrected chi connectivity index (χ1v) is 16.0. The Hall–Kier alpha value is -5.19. The highest BCUT2D eigenvalue weighted by Gasteiger charge is 2.20. The summed E-state index contributed by atoms with van der Waals surface area (Å²) in [4.78, 5) is 7.01. The molecule has 8 aromatic rings. The molecule has 45 heavy (non-hydrogen) atoms. The van der Waals surface area contributed by atoms with Gasteiger partial charge in [0.05, 0.1) is 11.4 Å².